The van der Waals surface area contributed by atoms with E-state index in [1.165, 1.54) is 26.9 Å². The molecule has 0 N–H and O–H groups in total. The topological polar surface area (TPSA) is 9.23 Å². The molecule has 0 rings (SSSR count). The maximum atomic E-state index is 11.6. The van der Waals surface area contributed by atoms with Crippen LogP contribution in [0.15, 0.2) is 0 Å². The van der Waals surface area contributed by atoms with E-state index in [0.717, 1.165) is 12.8 Å². The number of ether oxygens (including phenoxy) is 1. The SMILES string of the molecule is C.C.C.C.CCF.CCF.CC[C-](CC)CCF.CF.CF.COCCF.[Y]. The Kier molecular flexibility index (Phi) is 308. The van der Waals surface area contributed by atoms with Crippen LogP contribution in [-0.4, -0.2) is 54.8 Å². The van der Waals surface area contributed by atoms with Crippen LogP contribution in [0.25, 0.3) is 0 Å². The van der Waals surface area contributed by atoms with Crippen molar-refractivity contribution in [3.63, 3.8) is 0 Å². The zero-order valence-electron chi connectivity index (χ0n) is 16.4. The van der Waals surface area contributed by atoms with Gasteiger partial charge in [0.2, 0.25) is 0 Å². The quantitative estimate of drug-likeness (QED) is 0.255. The minimum Gasteiger partial charge on any atom is -0.382 e. The number of rotatable bonds is 6. The number of methoxy groups -OCH3 is 1. The Balaban J connectivity index is -0.0000000144. The van der Waals surface area contributed by atoms with Gasteiger partial charge in [0.25, 0.3) is 0 Å². The first kappa shape index (κ1) is 70.3. The third-order valence-electron chi connectivity index (χ3n) is 1.73. The number of hydrogen-bond acceptors (Lipinski definition) is 1. The summed E-state index contributed by atoms with van der Waals surface area (Å²) < 4.78 is 66.4. The Morgan fingerprint density at radius 1 is 0.643 bits per heavy atom. The van der Waals surface area contributed by atoms with Crippen molar-refractivity contribution in [3.05, 3.63) is 5.92 Å². The van der Waals surface area contributed by atoms with Crippen LogP contribution in [0.5, 0.6) is 0 Å². The van der Waals surface area contributed by atoms with Crippen molar-refractivity contribution >= 4 is 0 Å². The fraction of sp³-hybridized carbons (Fsp3) is 0.950. The molecule has 0 aliphatic carbocycles. The Morgan fingerprint density at radius 3 is 0.929 bits per heavy atom. The van der Waals surface area contributed by atoms with E-state index < -0.39 is 0 Å². The summed E-state index contributed by atoms with van der Waals surface area (Å²) in [4.78, 5) is 0. The largest absolute Gasteiger partial charge is 0.382 e. The first-order valence-corrected chi connectivity index (χ1v) is 7.41. The molecule has 0 unspecified atom stereocenters. The van der Waals surface area contributed by atoms with E-state index in [4.69, 9.17) is 0 Å². The van der Waals surface area contributed by atoms with Crippen molar-refractivity contribution in [1.82, 2.24) is 0 Å². The van der Waals surface area contributed by atoms with Gasteiger partial charge in [0.05, 0.1) is 41.0 Å². The van der Waals surface area contributed by atoms with E-state index in [1.807, 2.05) is 0 Å². The summed E-state index contributed by atoms with van der Waals surface area (Å²) in [5.74, 6) is 1.34. The Labute approximate surface area is 200 Å². The van der Waals surface area contributed by atoms with Crippen LogP contribution in [0.1, 0.15) is 76.7 Å². The molecule has 0 bridgehead atoms. The van der Waals surface area contributed by atoms with Gasteiger partial charge in [0.15, 0.2) is 0 Å². The monoisotopic (exact) mass is 512 g/mol. The van der Waals surface area contributed by atoms with Crippen molar-refractivity contribution in [2.45, 2.75) is 76.7 Å². The van der Waals surface area contributed by atoms with Crippen molar-refractivity contribution in [1.29, 1.82) is 0 Å². The van der Waals surface area contributed by atoms with Crippen molar-refractivity contribution in [3.8, 4) is 0 Å². The standard InChI is InChI=1S/C7H14F.C3H7FO.2C2H5F.2CH3F.4CH4.Y/c1-3-7(4-2)5-6-8;1-5-3-2-4;2*1-2-3;2*1-2;;;;;/h3-6H2,1-2H3;2-3H2,1H3;2*2H2,1H3;2*1H3;4*1H4;/q-1;;;;;;;;;;. The van der Waals surface area contributed by atoms with Gasteiger partial charge in [-0.2, -0.15) is 12.8 Å². The first-order valence-electron chi connectivity index (χ1n) is 7.41. The molecule has 0 aromatic heterocycles. The van der Waals surface area contributed by atoms with Gasteiger partial charge in [-0.15, -0.1) is 6.42 Å². The zero-order valence-corrected chi connectivity index (χ0v) is 19.2. The molecule has 0 saturated heterocycles. The maximum Gasteiger partial charge on any atom is 0.113 e. The smallest absolute Gasteiger partial charge is 0.113 e. The van der Waals surface area contributed by atoms with Gasteiger partial charge in [0.1, 0.15) is 6.67 Å². The van der Waals surface area contributed by atoms with Crippen LogP contribution in [-0.2, 0) is 37.4 Å². The summed E-state index contributed by atoms with van der Waals surface area (Å²) in [5.41, 5.74) is 0. The predicted molar refractivity (Wildman–Crippen MR) is 117 cm³/mol. The van der Waals surface area contributed by atoms with Crippen LogP contribution in [0.2, 0.25) is 0 Å². The van der Waals surface area contributed by atoms with E-state index in [0.29, 0.717) is 20.8 Å². The second-order valence-electron chi connectivity index (χ2n) is 3.11. The van der Waals surface area contributed by atoms with Gasteiger partial charge in [-0.1, -0.05) is 43.6 Å². The molecule has 185 valence electrons. The molecular weight excluding hydrogens is 459 g/mol. The van der Waals surface area contributed by atoms with Crippen molar-refractivity contribution in [2.24, 2.45) is 0 Å². The Bertz CT molecular complexity index is 111. The fourth-order valence-corrected chi connectivity index (χ4v) is 0.814. The third kappa shape index (κ3) is 188. The van der Waals surface area contributed by atoms with Gasteiger partial charge < -0.3 is 10.7 Å². The van der Waals surface area contributed by atoms with Crippen molar-refractivity contribution < 1.29 is 63.8 Å². The summed E-state index contributed by atoms with van der Waals surface area (Å²) >= 11 is 0. The second-order valence-corrected chi connectivity index (χ2v) is 3.11. The van der Waals surface area contributed by atoms with E-state index in [2.05, 4.69) is 18.6 Å². The summed E-state index contributed by atoms with van der Waals surface area (Å²) in [5, 5.41) is 0. The molecular formula is C20H53F6OY-. The summed E-state index contributed by atoms with van der Waals surface area (Å²) in [6, 6.07) is 0. The van der Waals surface area contributed by atoms with Gasteiger partial charge in [-0.3, -0.25) is 22.0 Å². The summed E-state index contributed by atoms with van der Waals surface area (Å²) in [6.07, 6.45) is 2.76. The van der Waals surface area contributed by atoms with Gasteiger partial charge in [0, 0.05) is 39.8 Å². The minimum atomic E-state index is -0.378. The van der Waals surface area contributed by atoms with E-state index in [-0.39, 0.29) is 95.7 Å². The number of alkyl halides is 6. The van der Waals surface area contributed by atoms with Crippen LogP contribution >= 0.6 is 0 Å². The molecule has 0 spiro atoms. The molecule has 0 aliphatic rings. The van der Waals surface area contributed by atoms with Crippen LogP contribution < -0.4 is 0 Å². The molecule has 0 saturated carbocycles. The second kappa shape index (κ2) is 123. The molecule has 0 amide bonds. The maximum absolute atomic E-state index is 11.6. The van der Waals surface area contributed by atoms with Crippen LogP contribution in [0.4, 0.5) is 26.3 Å². The normalized spacial score (nSPS) is 6.21. The number of hydrogen-bond donors (Lipinski definition) is 0. The molecule has 0 aromatic rings. The Hall–Kier alpha value is 0.644. The van der Waals surface area contributed by atoms with Gasteiger partial charge in [-0.05, 0) is 13.8 Å². The van der Waals surface area contributed by atoms with Gasteiger partial charge in [-0.25, -0.2) is 4.39 Å². The van der Waals surface area contributed by atoms with E-state index in [1.54, 1.807) is 0 Å². The molecule has 0 aliphatic heterocycles. The average molecular weight is 513 g/mol. The predicted octanol–water partition coefficient (Wildman–Crippen LogP) is 9.01. The third-order valence-corrected chi connectivity index (χ3v) is 1.73. The van der Waals surface area contributed by atoms with E-state index in [9.17, 15) is 26.3 Å². The first-order chi connectivity index (χ1) is 11.1. The number of halogens is 6. The molecule has 0 aromatic carbocycles. The van der Waals surface area contributed by atoms with Gasteiger partial charge >= 0.3 is 0 Å². The van der Waals surface area contributed by atoms with Crippen molar-refractivity contribution in [2.75, 3.05) is 54.8 Å². The zero-order chi connectivity index (χ0) is 19.9. The molecule has 1 radical (unpaired) electrons. The molecule has 1 nitrogen and oxygen atoms in total. The van der Waals surface area contributed by atoms with E-state index >= 15 is 0 Å². The molecule has 28 heavy (non-hydrogen) atoms. The summed E-state index contributed by atoms with van der Waals surface area (Å²) in [6.45, 7) is 6.23. The molecule has 0 fully saturated rings. The van der Waals surface area contributed by atoms with Crippen LogP contribution in [0.3, 0.4) is 0 Å². The molecule has 8 heteroatoms. The Morgan fingerprint density at radius 2 is 0.893 bits per heavy atom. The minimum absolute atomic E-state index is 0. The molecule has 0 heterocycles. The fourth-order valence-electron chi connectivity index (χ4n) is 0.814. The summed E-state index contributed by atoms with van der Waals surface area (Å²) in [7, 11) is 2.47. The van der Waals surface area contributed by atoms with Crippen LogP contribution in [0, 0.1) is 5.92 Å². The average Bonchev–Trinajstić information content (AvgIpc) is 2.59. The molecule has 0 atom stereocenters.